The maximum Gasteiger partial charge on any atom is 0.356 e. The lowest BCUT2D eigenvalue weighted by Crippen LogP contribution is -2.20. The fraction of sp³-hybridized carbons (Fsp3) is 0.400. The van der Waals surface area contributed by atoms with Crippen molar-refractivity contribution in [1.82, 2.24) is 9.97 Å². The molecule has 0 aromatic carbocycles. The normalized spacial score (nSPS) is 11.3. The Hall–Kier alpha value is -1.63. The van der Waals surface area contributed by atoms with E-state index in [0.717, 1.165) is 0 Å². The molecule has 0 saturated carbocycles. The molecule has 0 fully saturated rings. The van der Waals surface area contributed by atoms with Crippen molar-refractivity contribution in [2.45, 2.75) is 18.5 Å². The average Bonchev–Trinajstić information content (AvgIpc) is 2.36. The Balaban J connectivity index is 2.77. The Morgan fingerprint density at radius 1 is 1.65 bits per heavy atom. The van der Waals surface area contributed by atoms with E-state index in [1.807, 2.05) is 6.26 Å². The topological polar surface area (TPSA) is 84.7 Å². The summed E-state index contributed by atoms with van der Waals surface area (Å²) < 4.78 is 4.75. The maximum absolute atomic E-state index is 11.4. The molecule has 1 N–H and O–H groups in total. The average molecular weight is 255 g/mol. The minimum absolute atomic E-state index is 0.0717. The first-order valence-corrected chi connectivity index (χ1v) is 6.17. The van der Waals surface area contributed by atoms with Crippen molar-refractivity contribution < 1.29 is 14.7 Å². The molecule has 1 aromatic rings. The number of carbonyl (C=O) groups is 1. The summed E-state index contributed by atoms with van der Waals surface area (Å²) >= 11 is 1.40. The van der Waals surface area contributed by atoms with Crippen molar-refractivity contribution in [2.24, 2.45) is 5.16 Å². The van der Waals surface area contributed by atoms with Gasteiger partial charge in [-0.15, -0.1) is 0 Å². The molecule has 0 atom stereocenters. The van der Waals surface area contributed by atoms with Crippen LogP contribution < -0.4 is 0 Å². The third kappa shape index (κ3) is 4.03. The summed E-state index contributed by atoms with van der Waals surface area (Å²) in [5.41, 5.74) is 0.530. The molecule has 6 nitrogen and oxygen atoms in total. The van der Waals surface area contributed by atoms with Crippen molar-refractivity contribution in [3.05, 3.63) is 18.0 Å². The van der Waals surface area contributed by atoms with Crippen LogP contribution in [0.1, 0.15) is 12.6 Å². The number of ether oxygens (including phenoxy) is 1. The molecule has 1 rings (SSSR count). The van der Waals surface area contributed by atoms with Gasteiger partial charge in [0.15, 0.2) is 10.9 Å². The van der Waals surface area contributed by atoms with Crippen LogP contribution in [0.3, 0.4) is 0 Å². The molecule has 0 spiro atoms. The van der Waals surface area contributed by atoms with E-state index in [1.165, 1.54) is 11.8 Å². The van der Waals surface area contributed by atoms with Crippen LogP contribution in [0.5, 0.6) is 0 Å². The molecular formula is C10H13N3O3S. The molecule has 0 aliphatic heterocycles. The fourth-order valence-electron chi connectivity index (χ4n) is 1.11. The quantitative estimate of drug-likeness (QED) is 0.212. The summed E-state index contributed by atoms with van der Waals surface area (Å²) in [7, 11) is 0. The number of rotatable bonds is 5. The number of oxime groups is 1. The number of thioether (sulfide) groups is 1. The van der Waals surface area contributed by atoms with Crippen LogP contribution in [0.25, 0.3) is 0 Å². The molecule has 0 saturated heterocycles. The number of hydrogen-bond donors (Lipinski definition) is 1. The monoisotopic (exact) mass is 255 g/mol. The van der Waals surface area contributed by atoms with Gasteiger partial charge in [-0.1, -0.05) is 16.9 Å². The van der Waals surface area contributed by atoms with Crippen molar-refractivity contribution in [3.8, 4) is 0 Å². The zero-order chi connectivity index (χ0) is 12.7. The van der Waals surface area contributed by atoms with Crippen LogP contribution in [0.4, 0.5) is 0 Å². The molecule has 17 heavy (non-hydrogen) atoms. The second-order valence-corrected chi connectivity index (χ2v) is 3.75. The van der Waals surface area contributed by atoms with E-state index in [4.69, 9.17) is 9.94 Å². The van der Waals surface area contributed by atoms with Gasteiger partial charge >= 0.3 is 5.97 Å². The summed E-state index contributed by atoms with van der Waals surface area (Å²) in [6, 6.07) is 1.66. The number of carbonyl (C=O) groups excluding carboxylic acids is 1. The van der Waals surface area contributed by atoms with Gasteiger partial charge in [-0.2, -0.15) is 0 Å². The Labute approximate surface area is 103 Å². The minimum atomic E-state index is -0.640. The van der Waals surface area contributed by atoms with Crippen LogP contribution in [0.2, 0.25) is 0 Å². The molecule has 1 aromatic heterocycles. The Morgan fingerprint density at radius 3 is 3.00 bits per heavy atom. The number of esters is 1. The van der Waals surface area contributed by atoms with Crippen molar-refractivity contribution in [2.75, 3.05) is 12.9 Å². The summed E-state index contributed by atoms with van der Waals surface area (Å²) in [4.78, 5) is 19.6. The van der Waals surface area contributed by atoms with Crippen LogP contribution >= 0.6 is 11.8 Å². The standard InChI is InChI=1S/C10H13N3O3S/c1-3-16-9(14)8(13-15)6-7-4-5-11-10(12-7)17-2/h4-5,15H,3,6H2,1-2H3/b13-8+. The SMILES string of the molecule is CCOC(=O)/C(Cc1ccnc(SC)n1)=N/O. The van der Waals surface area contributed by atoms with Gasteiger partial charge in [0.1, 0.15) is 0 Å². The van der Waals surface area contributed by atoms with Crippen LogP contribution in [0.15, 0.2) is 22.6 Å². The van der Waals surface area contributed by atoms with Gasteiger partial charge in [0, 0.05) is 12.6 Å². The smallest absolute Gasteiger partial charge is 0.356 e. The van der Waals surface area contributed by atoms with E-state index in [0.29, 0.717) is 10.9 Å². The maximum atomic E-state index is 11.4. The van der Waals surface area contributed by atoms with Gasteiger partial charge in [-0.05, 0) is 19.2 Å². The second-order valence-electron chi connectivity index (χ2n) is 2.98. The summed E-state index contributed by atoms with van der Waals surface area (Å²) in [5.74, 6) is -0.640. The van der Waals surface area contributed by atoms with E-state index < -0.39 is 5.97 Å². The Kier molecular flexibility index (Phi) is 5.41. The number of nitrogens with zero attached hydrogens (tertiary/aromatic N) is 3. The van der Waals surface area contributed by atoms with E-state index in [-0.39, 0.29) is 18.7 Å². The first kappa shape index (κ1) is 13.4. The van der Waals surface area contributed by atoms with Gasteiger partial charge in [-0.3, -0.25) is 0 Å². The highest BCUT2D eigenvalue weighted by Gasteiger charge is 2.15. The van der Waals surface area contributed by atoms with Gasteiger partial charge in [-0.25, -0.2) is 14.8 Å². The summed E-state index contributed by atoms with van der Waals surface area (Å²) in [5, 5.41) is 12.3. The zero-order valence-corrected chi connectivity index (χ0v) is 10.4. The van der Waals surface area contributed by atoms with Crippen molar-refractivity contribution in [3.63, 3.8) is 0 Å². The highest BCUT2D eigenvalue weighted by molar-refractivity contribution is 7.98. The third-order valence-corrected chi connectivity index (χ3v) is 2.42. The van der Waals surface area contributed by atoms with E-state index in [1.54, 1.807) is 19.2 Å². The molecule has 92 valence electrons. The highest BCUT2D eigenvalue weighted by atomic mass is 32.2. The number of aromatic nitrogens is 2. The molecule has 0 aliphatic carbocycles. The van der Waals surface area contributed by atoms with Crippen LogP contribution in [-0.2, 0) is 16.0 Å². The minimum Gasteiger partial charge on any atom is -0.461 e. The summed E-state index contributed by atoms with van der Waals surface area (Å²) in [6.45, 7) is 1.92. The van der Waals surface area contributed by atoms with E-state index >= 15 is 0 Å². The van der Waals surface area contributed by atoms with Crippen LogP contribution in [0, 0.1) is 0 Å². The zero-order valence-electron chi connectivity index (χ0n) is 9.58. The lowest BCUT2D eigenvalue weighted by molar-refractivity contribution is -0.135. The molecule has 1 heterocycles. The second kappa shape index (κ2) is 6.85. The van der Waals surface area contributed by atoms with Gasteiger partial charge in [0.25, 0.3) is 0 Å². The molecule has 0 bridgehead atoms. The van der Waals surface area contributed by atoms with Gasteiger partial charge in [0.05, 0.1) is 12.3 Å². The first-order chi connectivity index (χ1) is 8.21. The van der Waals surface area contributed by atoms with Crippen LogP contribution in [-0.4, -0.2) is 39.7 Å². The Morgan fingerprint density at radius 2 is 2.41 bits per heavy atom. The summed E-state index contributed by atoms with van der Waals surface area (Å²) in [6.07, 6.45) is 3.56. The predicted molar refractivity (Wildman–Crippen MR) is 63.4 cm³/mol. The van der Waals surface area contributed by atoms with Gasteiger partial charge in [0.2, 0.25) is 0 Å². The van der Waals surface area contributed by atoms with E-state index in [2.05, 4.69) is 15.1 Å². The Bertz CT molecular complexity index is 423. The molecule has 0 radical (unpaired) electrons. The van der Waals surface area contributed by atoms with Crippen molar-refractivity contribution in [1.29, 1.82) is 0 Å². The highest BCUT2D eigenvalue weighted by Crippen LogP contribution is 2.08. The predicted octanol–water partition coefficient (Wildman–Crippen LogP) is 1.13. The number of hydrogen-bond acceptors (Lipinski definition) is 7. The van der Waals surface area contributed by atoms with Crippen molar-refractivity contribution >= 4 is 23.4 Å². The first-order valence-electron chi connectivity index (χ1n) is 4.95. The lowest BCUT2D eigenvalue weighted by Gasteiger charge is -2.04. The molecule has 0 amide bonds. The van der Waals surface area contributed by atoms with Gasteiger partial charge < -0.3 is 9.94 Å². The molecular weight excluding hydrogens is 242 g/mol. The molecule has 7 heteroatoms. The van der Waals surface area contributed by atoms with E-state index in [9.17, 15) is 4.79 Å². The molecule has 0 aliphatic rings. The largest absolute Gasteiger partial charge is 0.461 e. The lowest BCUT2D eigenvalue weighted by atomic mass is 10.2. The fourth-order valence-corrected chi connectivity index (χ4v) is 1.48. The third-order valence-electron chi connectivity index (χ3n) is 1.85. The molecule has 0 unspecified atom stereocenters.